The minimum atomic E-state index is -0.605. The first kappa shape index (κ1) is 15.8. The molecule has 0 aliphatic carbocycles. The standard InChI is InChI=1S/C14H20N2O4/c1-10(2)12(15-13(17)19-3)16-14(18)20-9-11-7-5-4-6-8-11/h4-8,10,12H,9H2,1-3H3,(H,15,17)(H,16,18)/t12-/m0/s1. The third kappa shape index (κ3) is 5.60. The maximum absolute atomic E-state index is 11.7. The fourth-order valence-corrected chi connectivity index (χ4v) is 1.45. The molecule has 1 rings (SSSR count). The maximum Gasteiger partial charge on any atom is 0.409 e. The van der Waals surface area contributed by atoms with Crippen molar-refractivity contribution in [1.82, 2.24) is 10.6 Å². The van der Waals surface area contributed by atoms with E-state index in [9.17, 15) is 9.59 Å². The highest BCUT2D eigenvalue weighted by Crippen LogP contribution is 2.02. The van der Waals surface area contributed by atoms with Crippen molar-refractivity contribution < 1.29 is 19.1 Å². The summed E-state index contributed by atoms with van der Waals surface area (Å²) in [6.45, 7) is 3.89. The SMILES string of the molecule is COC(=O)N[C@@H](NC(=O)OCc1ccccc1)C(C)C. The number of amides is 2. The van der Waals surface area contributed by atoms with Crippen molar-refractivity contribution in [3.63, 3.8) is 0 Å². The predicted molar refractivity (Wildman–Crippen MR) is 73.9 cm³/mol. The Hall–Kier alpha value is -2.24. The number of hydrogen-bond donors (Lipinski definition) is 2. The van der Waals surface area contributed by atoms with Crippen molar-refractivity contribution in [2.75, 3.05) is 7.11 Å². The summed E-state index contributed by atoms with van der Waals surface area (Å²) in [5, 5.41) is 5.10. The number of rotatable bonds is 5. The molecule has 1 aromatic rings. The number of nitrogens with one attached hydrogen (secondary N) is 2. The molecule has 1 aromatic carbocycles. The summed E-state index contributed by atoms with van der Waals surface area (Å²) < 4.78 is 9.58. The Morgan fingerprint density at radius 3 is 2.25 bits per heavy atom. The molecule has 6 nitrogen and oxygen atoms in total. The first-order valence-electron chi connectivity index (χ1n) is 6.34. The molecule has 0 heterocycles. The lowest BCUT2D eigenvalue weighted by Crippen LogP contribution is -2.51. The summed E-state index contributed by atoms with van der Waals surface area (Å²) in [5.41, 5.74) is 0.893. The summed E-state index contributed by atoms with van der Waals surface area (Å²) in [7, 11) is 1.26. The molecular formula is C14H20N2O4. The second-order valence-corrected chi connectivity index (χ2v) is 4.56. The lowest BCUT2D eigenvalue weighted by atomic mass is 10.1. The van der Waals surface area contributed by atoms with Crippen LogP contribution in [0.4, 0.5) is 9.59 Å². The Kier molecular flexibility index (Phi) is 6.36. The van der Waals surface area contributed by atoms with Gasteiger partial charge in [0.05, 0.1) is 7.11 Å². The summed E-state index contributed by atoms with van der Waals surface area (Å²) in [6.07, 6.45) is -1.75. The number of carbonyl (C=O) groups excluding carboxylic acids is 2. The number of benzene rings is 1. The molecule has 0 aliphatic rings. The normalized spacial score (nSPS) is 11.6. The summed E-state index contributed by atoms with van der Waals surface area (Å²) >= 11 is 0. The number of methoxy groups -OCH3 is 1. The average Bonchev–Trinajstić information content (AvgIpc) is 2.45. The molecule has 0 unspecified atom stereocenters. The highest BCUT2D eigenvalue weighted by atomic mass is 16.6. The van der Waals surface area contributed by atoms with Crippen LogP contribution in [-0.2, 0) is 16.1 Å². The third-order valence-electron chi connectivity index (χ3n) is 2.61. The molecule has 0 aliphatic heterocycles. The van der Waals surface area contributed by atoms with E-state index in [0.29, 0.717) is 0 Å². The molecule has 0 spiro atoms. The Morgan fingerprint density at radius 2 is 1.70 bits per heavy atom. The van der Waals surface area contributed by atoms with Crippen LogP contribution in [0.25, 0.3) is 0 Å². The van der Waals surface area contributed by atoms with Crippen LogP contribution in [0.2, 0.25) is 0 Å². The highest BCUT2D eigenvalue weighted by Gasteiger charge is 2.19. The average molecular weight is 280 g/mol. The van der Waals surface area contributed by atoms with E-state index >= 15 is 0 Å². The Morgan fingerprint density at radius 1 is 1.10 bits per heavy atom. The first-order chi connectivity index (χ1) is 9.52. The minimum Gasteiger partial charge on any atom is -0.453 e. The van der Waals surface area contributed by atoms with E-state index < -0.39 is 18.4 Å². The van der Waals surface area contributed by atoms with E-state index in [1.54, 1.807) is 0 Å². The Balaban J connectivity index is 2.44. The topological polar surface area (TPSA) is 76.7 Å². The van der Waals surface area contributed by atoms with Gasteiger partial charge in [0, 0.05) is 0 Å². The molecular weight excluding hydrogens is 260 g/mol. The van der Waals surface area contributed by atoms with Gasteiger partial charge in [0.1, 0.15) is 12.8 Å². The Labute approximate surface area is 118 Å². The maximum atomic E-state index is 11.7. The number of hydrogen-bond acceptors (Lipinski definition) is 4. The molecule has 0 bridgehead atoms. The van der Waals surface area contributed by atoms with E-state index in [1.807, 2.05) is 44.2 Å². The van der Waals surface area contributed by atoms with E-state index in [1.165, 1.54) is 7.11 Å². The van der Waals surface area contributed by atoms with Gasteiger partial charge in [0.25, 0.3) is 0 Å². The van der Waals surface area contributed by atoms with Crippen molar-refractivity contribution in [3.8, 4) is 0 Å². The number of ether oxygens (including phenoxy) is 2. The molecule has 1 atom stereocenters. The number of alkyl carbamates (subject to hydrolysis) is 2. The van der Waals surface area contributed by atoms with Crippen LogP contribution in [0.1, 0.15) is 19.4 Å². The molecule has 2 N–H and O–H groups in total. The van der Waals surface area contributed by atoms with Crippen molar-refractivity contribution in [2.24, 2.45) is 5.92 Å². The van der Waals surface area contributed by atoms with Crippen LogP contribution in [-0.4, -0.2) is 25.5 Å². The van der Waals surface area contributed by atoms with Gasteiger partial charge < -0.3 is 20.1 Å². The molecule has 2 amide bonds. The van der Waals surface area contributed by atoms with Crippen molar-refractivity contribution >= 4 is 12.2 Å². The van der Waals surface area contributed by atoms with Gasteiger partial charge >= 0.3 is 12.2 Å². The van der Waals surface area contributed by atoms with Crippen LogP contribution >= 0.6 is 0 Å². The van der Waals surface area contributed by atoms with Crippen LogP contribution in [0, 0.1) is 5.92 Å². The second kappa shape index (κ2) is 8.04. The Bertz CT molecular complexity index is 434. The lowest BCUT2D eigenvalue weighted by Gasteiger charge is -2.22. The smallest absolute Gasteiger partial charge is 0.409 e. The molecule has 0 radical (unpaired) electrons. The van der Waals surface area contributed by atoms with Crippen LogP contribution < -0.4 is 10.6 Å². The van der Waals surface area contributed by atoms with Crippen molar-refractivity contribution in [2.45, 2.75) is 26.6 Å². The number of carbonyl (C=O) groups is 2. The first-order valence-corrected chi connectivity index (χ1v) is 6.34. The zero-order valence-corrected chi connectivity index (χ0v) is 11.9. The summed E-state index contributed by atoms with van der Waals surface area (Å²) in [4.78, 5) is 22.8. The van der Waals surface area contributed by atoms with Gasteiger partial charge in [-0.3, -0.25) is 0 Å². The van der Waals surface area contributed by atoms with E-state index in [2.05, 4.69) is 15.4 Å². The summed E-state index contributed by atoms with van der Waals surface area (Å²) in [5.74, 6) is -0.00150. The monoisotopic (exact) mass is 280 g/mol. The van der Waals surface area contributed by atoms with Crippen LogP contribution in [0.5, 0.6) is 0 Å². The molecule has 20 heavy (non-hydrogen) atoms. The second-order valence-electron chi connectivity index (χ2n) is 4.56. The molecule has 110 valence electrons. The largest absolute Gasteiger partial charge is 0.453 e. The van der Waals surface area contributed by atoms with Gasteiger partial charge in [0.15, 0.2) is 0 Å². The highest BCUT2D eigenvalue weighted by molar-refractivity contribution is 5.70. The van der Waals surface area contributed by atoms with Gasteiger partial charge in [-0.2, -0.15) is 0 Å². The van der Waals surface area contributed by atoms with E-state index in [-0.39, 0.29) is 12.5 Å². The molecule has 0 aromatic heterocycles. The van der Waals surface area contributed by atoms with E-state index in [4.69, 9.17) is 4.74 Å². The van der Waals surface area contributed by atoms with Crippen molar-refractivity contribution in [1.29, 1.82) is 0 Å². The van der Waals surface area contributed by atoms with Gasteiger partial charge in [-0.05, 0) is 11.5 Å². The molecule has 0 saturated carbocycles. The molecule has 6 heteroatoms. The third-order valence-corrected chi connectivity index (χ3v) is 2.61. The van der Waals surface area contributed by atoms with Gasteiger partial charge in [-0.1, -0.05) is 44.2 Å². The van der Waals surface area contributed by atoms with Gasteiger partial charge in [0.2, 0.25) is 0 Å². The zero-order valence-electron chi connectivity index (χ0n) is 11.9. The lowest BCUT2D eigenvalue weighted by molar-refractivity contribution is 0.125. The van der Waals surface area contributed by atoms with E-state index in [0.717, 1.165) is 5.56 Å². The van der Waals surface area contributed by atoms with Crippen LogP contribution in [0.3, 0.4) is 0 Å². The van der Waals surface area contributed by atoms with Crippen LogP contribution in [0.15, 0.2) is 30.3 Å². The predicted octanol–water partition coefficient (Wildman–Crippen LogP) is 2.25. The van der Waals surface area contributed by atoms with Crippen molar-refractivity contribution in [3.05, 3.63) is 35.9 Å². The van der Waals surface area contributed by atoms with Gasteiger partial charge in [-0.25, -0.2) is 9.59 Å². The molecule has 0 saturated heterocycles. The quantitative estimate of drug-likeness (QED) is 0.811. The fraction of sp³-hybridized carbons (Fsp3) is 0.429. The molecule has 0 fully saturated rings. The zero-order chi connectivity index (χ0) is 15.0. The van der Waals surface area contributed by atoms with Gasteiger partial charge in [-0.15, -0.1) is 0 Å². The minimum absolute atomic E-state index is 0.00150. The fourth-order valence-electron chi connectivity index (χ4n) is 1.45. The summed E-state index contributed by atoms with van der Waals surface area (Å²) in [6, 6.07) is 9.34.